The number of anilines is 2. The van der Waals surface area contributed by atoms with Crippen molar-refractivity contribution in [3.8, 4) is 5.75 Å². The number of hydrogen-bond acceptors (Lipinski definition) is 10. The van der Waals surface area contributed by atoms with Crippen LogP contribution in [0.1, 0.15) is 35.2 Å². The van der Waals surface area contributed by atoms with Crippen molar-refractivity contribution >= 4 is 28.8 Å². The Morgan fingerprint density at radius 2 is 1.83 bits per heavy atom. The lowest BCUT2D eigenvalue weighted by molar-refractivity contribution is -0.130. The van der Waals surface area contributed by atoms with Crippen LogP contribution in [0.25, 0.3) is 0 Å². The Hall–Kier alpha value is -3.15. The van der Waals surface area contributed by atoms with Gasteiger partial charge in [0.15, 0.2) is 11.6 Å². The van der Waals surface area contributed by atoms with Crippen LogP contribution in [0.5, 0.6) is 5.75 Å². The van der Waals surface area contributed by atoms with Crippen molar-refractivity contribution < 1.29 is 39.5 Å². The number of Topliss-reactive ketones (excluding diaryl/α,β-unsaturated/α-hetero) is 2. The molecule has 1 saturated heterocycles. The van der Waals surface area contributed by atoms with Gasteiger partial charge in [0.25, 0.3) is 5.91 Å². The van der Waals surface area contributed by atoms with Crippen molar-refractivity contribution in [2.45, 2.75) is 31.3 Å². The fourth-order valence-electron chi connectivity index (χ4n) is 5.70. The van der Waals surface area contributed by atoms with Crippen molar-refractivity contribution in [3.63, 3.8) is 0 Å². The number of nitrogens with zero attached hydrogens (tertiary/aromatic N) is 2. The third-order valence-corrected chi connectivity index (χ3v) is 7.58. The molecule has 3 atom stereocenters. The number of phenolic OH excluding ortho intramolecular Hbond substituents is 1. The van der Waals surface area contributed by atoms with Gasteiger partial charge in [-0.1, -0.05) is 0 Å². The number of aliphatic hydroxyl groups excluding tert-OH is 2. The number of nitrogens with two attached hydrogens (primary N) is 1. The number of benzene rings is 1. The average molecular weight is 504 g/mol. The highest BCUT2D eigenvalue weighted by Crippen LogP contribution is 2.47. The molecule has 1 fully saturated rings. The zero-order valence-corrected chi connectivity index (χ0v) is 20.5. The van der Waals surface area contributed by atoms with Crippen LogP contribution < -0.4 is 15.5 Å². The molecule has 3 aliphatic rings. The van der Waals surface area contributed by atoms with Gasteiger partial charge in [0.05, 0.1) is 31.1 Å². The molecule has 4 rings (SSSR count). The Kier molecular flexibility index (Phi) is 7.00. The summed E-state index contributed by atoms with van der Waals surface area (Å²) in [5.41, 5.74) is 4.56. The summed E-state index contributed by atoms with van der Waals surface area (Å²) in [5.74, 6) is -4.41. The average Bonchev–Trinajstić information content (AvgIpc) is 2.82. The SMILES string of the molecule is CN(C)c1cc(N2CCOCC2)c(O)c2c1C[C@@H](C[C@H]1CC(=O)C(C(N)=O)=C(O)C1(O)CO)CC2=O. The topological polar surface area (TPSA) is 174 Å². The second-order valence-electron chi connectivity index (χ2n) is 10.0. The molecule has 1 amide bonds. The number of hydrogen-bond donors (Lipinski definition) is 5. The van der Waals surface area contributed by atoms with Crippen molar-refractivity contribution in [2.75, 3.05) is 56.8 Å². The van der Waals surface area contributed by atoms with Crippen molar-refractivity contribution in [2.24, 2.45) is 17.6 Å². The number of fused-ring (bicyclic) bond motifs is 1. The second-order valence-corrected chi connectivity index (χ2v) is 10.0. The minimum atomic E-state index is -2.23. The highest BCUT2D eigenvalue weighted by molar-refractivity contribution is 6.20. The van der Waals surface area contributed by atoms with Gasteiger partial charge >= 0.3 is 0 Å². The van der Waals surface area contributed by atoms with Crippen LogP contribution in [0.3, 0.4) is 0 Å². The molecule has 196 valence electrons. The second kappa shape index (κ2) is 9.72. The third-order valence-electron chi connectivity index (χ3n) is 7.58. The largest absolute Gasteiger partial charge is 0.508 e. The predicted molar refractivity (Wildman–Crippen MR) is 130 cm³/mol. The number of carbonyl (C=O) groups is 3. The van der Waals surface area contributed by atoms with Crippen LogP contribution >= 0.6 is 0 Å². The van der Waals surface area contributed by atoms with Gasteiger partial charge in [0, 0.05) is 51.6 Å². The van der Waals surface area contributed by atoms with Gasteiger partial charge in [0.2, 0.25) is 0 Å². The standard InChI is InChI=1S/C25H33N3O8/c1-27(2)16-11-17(28-3-5-36-6-4-28)22(32)20-15(16)8-13(9-18(20)30)7-14-10-19(31)21(24(26)34)23(33)25(14,35)12-29/h11,13-14,29,32-33,35H,3-10,12H2,1-2H3,(H2,26,34)/t13-,14+,25?/m1/s1. The lowest BCUT2D eigenvalue weighted by Gasteiger charge is -2.40. The fraction of sp³-hybridized carbons (Fsp3) is 0.560. The van der Waals surface area contributed by atoms with Gasteiger partial charge in [0.1, 0.15) is 22.7 Å². The number of primary amides is 1. The summed E-state index contributed by atoms with van der Waals surface area (Å²) in [5, 5.41) is 42.5. The zero-order valence-electron chi connectivity index (χ0n) is 20.5. The van der Waals surface area contributed by atoms with E-state index in [0.29, 0.717) is 44.0 Å². The van der Waals surface area contributed by atoms with E-state index in [0.717, 1.165) is 5.69 Å². The quantitative estimate of drug-likeness (QED) is 0.333. The number of aliphatic hydroxyl groups is 3. The fourth-order valence-corrected chi connectivity index (χ4v) is 5.70. The van der Waals surface area contributed by atoms with Gasteiger partial charge in [-0.2, -0.15) is 0 Å². The molecule has 1 heterocycles. The molecule has 1 aromatic carbocycles. The first-order valence-corrected chi connectivity index (χ1v) is 12.0. The molecular weight excluding hydrogens is 470 g/mol. The molecule has 1 unspecified atom stereocenters. The van der Waals surface area contributed by atoms with E-state index in [-0.39, 0.29) is 42.3 Å². The van der Waals surface area contributed by atoms with E-state index < -0.39 is 41.1 Å². The summed E-state index contributed by atoms with van der Waals surface area (Å²) in [4.78, 5) is 41.4. The molecule has 2 aliphatic carbocycles. The van der Waals surface area contributed by atoms with Crippen molar-refractivity contribution in [1.82, 2.24) is 0 Å². The number of carbonyl (C=O) groups excluding carboxylic acids is 3. The lowest BCUT2D eigenvalue weighted by Crippen LogP contribution is -2.51. The number of phenols is 1. The third kappa shape index (κ3) is 4.31. The molecular formula is C25H33N3O8. The molecule has 6 N–H and O–H groups in total. The first-order chi connectivity index (χ1) is 17.0. The molecule has 11 nitrogen and oxygen atoms in total. The highest BCUT2D eigenvalue weighted by atomic mass is 16.5. The number of rotatable bonds is 6. The van der Waals surface area contributed by atoms with E-state index in [1.165, 1.54) is 0 Å². The molecule has 0 bridgehead atoms. The van der Waals surface area contributed by atoms with E-state index in [1.807, 2.05) is 30.0 Å². The van der Waals surface area contributed by atoms with Crippen molar-refractivity contribution in [3.05, 3.63) is 28.5 Å². The molecule has 1 aromatic rings. The van der Waals surface area contributed by atoms with E-state index in [4.69, 9.17) is 10.5 Å². The minimum absolute atomic E-state index is 0.0549. The van der Waals surface area contributed by atoms with Crippen LogP contribution in [0.4, 0.5) is 11.4 Å². The summed E-state index contributed by atoms with van der Waals surface area (Å²) in [7, 11) is 3.70. The van der Waals surface area contributed by atoms with E-state index >= 15 is 0 Å². The van der Waals surface area contributed by atoms with Gasteiger partial charge in [-0.05, 0) is 30.4 Å². The highest BCUT2D eigenvalue weighted by Gasteiger charge is 2.50. The zero-order chi connectivity index (χ0) is 26.4. The van der Waals surface area contributed by atoms with Crippen LogP contribution in [0, 0.1) is 11.8 Å². The smallest absolute Gasteiger partial charge is 0.255 e. The van der Waals surface area contributed by atoms with Crippen LogP contribution in [-0.2, 0) is 20.7 Å². The van der Waals surface area contributed by atoms with E-state index in [2.05, 4.69) is 0 Å². The normalized spacial score (nSPS) is 26.7. The number of aromatic hydroxyl groups is 1. The Morgan fingerprint density at radius 3 is 2.42 bits per heavy atom. The summed E-state index contributed by atoms with van der Waals surface area (Å²) >= 11 is 0. The molecule has 0 saturated carbocycles. The van der Waals surface area contributed by atoms with E-state index in [9.17, 15) is 34.8 Å². The van der Waals surface area contributed by atoms with Gasteiger partial charge in [-0.25, -0.2) is 0 Å². The van der Waals surface area contributed by atoms with Gasteiger partial charge in [-0.3, -0.25) is 14.4 Å². The number of ketones is 2. The maximum atomic E-state index is 13.3. The summed E-state index contributed by atoms with van der Waals surface area (Å²) in [6.07, 6.45) is 0.256. The molecule has 11 heteroatoms. The number of amides is 1. The number of ether oxygens (including phenoxy) is 1. The van der Waals surface area contributed by atoms with E-state index in [1.54, 1.807) is 0 Å². The molecule has 0 radical (unpaired) electrons. The van der Waals surface area contributed by atoms with Crippen LogP contribution in [0.2, 0.25) is 0 Å². The maximum Gasteiger partial charge on any atom is 0.255 e. The maximum absolute atomic E-state index is 13.3. The lowest BCUT2D eigenvalue weighted by atomic mass is 9.68. The Morgan fingerprint density at radius 1 is 1.17 bits per heavy atom. The first-order valence-electron chi connectivity index (χ1n) is 12.0. The van der Waals surface area contributed by atoms with Gasteiger partial charge in [-0.15, -0.1) is 0 Å². The summed E-state index contributed by atoms with van der Waals surface area (Å²) in [6.45, 7) is 1.32. The Labute approximate surface area is 208 Å². The van der Waals surface area contributed by atoms with Crippen molar-refractivity contribution in [1.29, 1.82) is 0 Å². The Bertz CT molecular complexity index is 1120. The summed E-state index contributed by atoms with van der Waals surface area (Å²) < 4.78 is 5.41. The van der Waals surface area contributed by atoms with Crippen LogP contribution in [0.15, 0.2) is 17.4 Å². The molecule has 36 heavy (non-hydrogen) atoms. The molecule has 1 aliphatic heterocycles. The minimum Gasteiger partial charge on any atom is -0.508 e. The van der Waals surface area contributed by atoms with Crippen LogP contribution in [-0.4, -0.2) is 90.5 Å². The van der Waals surface area contributed by atoms with Gasteiger partial charge < -0.3 is 40.7 Å². The monoisotopic (exact) mass is 503 g/mol. The molecule has 0 aromatic heterocycles. The Balaban J connectivity index is 1.68. The summed E-state index contributed by atoms with van der Waals surface area (Å²) in [6, 6.07) is 1.86. The predicted octanol–water partition coefficient (Wildman–Crippen LogP) is 0.0398. The first kappa shape index (κ1) is 25.9. The molecule has 0 spiro atoms. The number of morpholine rings is 1.